The Morgan fingerprint density at radius 1 is 1.20 bits per heavy atom. The maximum Gasteiger partial charge on any atom is 0.235 e. The molecule has 0 aromatic carbocycles. The van der Waals surface area contributed by atoms with Crippen LogP contribution < -0.4 is 9.47 Å². The molecule has 20 heavy (non-hydrogen) atoms. The minimum Gasteiger partial charge on any atom is -0.495 e. The van der Waals surface area contributed by atoms with Crippen molar-refractivity contribution in [1.29, 1.82) is 0 Å². The Labute approximate surface area is 118 Å². The van der Waals surface area contributed by atoms with E-state index in [1.165, 1.54) is 0 Å². The lowest BCUT2D eigenvalue weighted by Crippen LogP contribution is -2.04. The monoisotopic (exact) mass is 271 g/mol. The second-order valence-corrected chi connectivity index (χ2v) is 4.98. The second-order valence-electron chi connectivity index (χ2n) is 4.98. The standard InChI is InChI=1S/C15H17N3O2/c1-10-15(17-6-5-16-10)20-9-11-7-13(11)14-4-3-12(19-2)8-18-14/h3-6,8,11,13H,7,9H2,1-2H3/t11-,13?/m0/s1. The minimum absolute atomic E-state index is 0.484. The molecular formula is C15H17N3O2. The molecule has 2 atom stereocenters. The number of ether oxygens (including phenoxy) is 2. The summed E-state index contributed by atoms with van der Waals surface area (Å²) in [5, 5.41) is 0. The molecule has 1 saturated carbocycles. The molecule has 0 spiro atoms. The van der Waals surface area contributed by atoms with Gasteiger partial charge in [-0.15, -0.1) is 0 Å². The molecule has 1 unspecified atom stereocenters. The predicted molar refractivity (Wildman–Crippen MR) is 73.9 cm³/mol. The topological polar surface area (TPSA) is 57.1 Å². The van der Waals surface area contributed by atoms with Crippen LogP contribution in [0.15, 0.2) is 30.7 Å². The highest BCUT2D eigenvalue weighted by molar-refractivity contribution is 5.25. The quantitative estimate of drug-likeness (QED) is 0.835. The summed E-state index contributed by atoms with van der Waals surface area (Å²) in [6.45, 7) is 2.57. The first-order chi connectivity index (χ1) is 9.78. The number of pyridine rings is 1. The molecule has 5 nitrogen and oxygen atoms in total. The maximum absolute atomic E-state index is 5.73. The van der Waals surface area contributed by atoms with E-state index in [1.807, 2.05) is 19.1 Å². The van der Waals surface area contributed by atoms with Crippen LogP contribution in [-0.2, 0) is 0 Å². The first kappa shape index (κ1) is 12.8. The van der Waals surface area contributed by atoms with E-state index < -0.39 is 0 Å². The third-order valence-electron chi connectivity index (χ3n) is 3.57. The van der Waals surface area contributed by atoms with Crippen LogP contribution in [0.1, 0.15) is 23.7 Å². The van der Waals surface area contributed by atoms with Crippen molar-refractivity contribution in [2.75, 3.05) is 13.7 Å². The predicted octanol–water partition coefficient (Wildman–Crippen LogP) is 2.37. The fraction of sp³-hybridized carbons (Fsp3) is 0.400. The van der Waals surface area contributed by atoms with Crippen LogP contribution in [0.5, 0.6) is 11.6 Å². The van der Waals surface area contributed by atoms with Gasteiger partial charge in [0.25, 0.3) is 0 Å². The molecule has 3 rings (SSSR count). The first-order valence-electron chi connectivity index (χ1n) is 6.68. The first-order valence-corrected chi connectivity index (χ1v) is 6.68. The van der Waals surface area contributed by atoms with Gasteiger partial charge in [0, 0.05) is 29.9 Å². The van der Waals surface area contributed by atoms with Crippen LogP contribution in [0, 0.1) is 12.8 Å². The molecule has 0 saturated heterocycles. The number of hydrogen-bond donors (Lipinski definition) is 0. The summed E-state index contributed by atoms with van der Waals surface area (Å²) in [5.74, 6) is 2.41. The van der Waals surface area contributed by atoms with Crippen molar-refractivity contribution in [3.05, 3.63) is 42.1 Å². The number of aryl methyl sites for hydroxylation is 1. The normalized spacial score (nSPS) is 20.5. The van der Waals surface area contributed by atoms with Crippen molar-refractivity contribution >= 4 is 0 Å². The molecule has 1 fully saturated rings. The summed E-state index contributed by atoms with van der Waals surface area (Å²) in [5.41, 5.74) is 1.93. The third-order valence-corrected chi connectivity index (χ3v) is 3.57. The zero-order chi connectivity index (χ0) is 13.9. The van der Waals surface area contributed by atoms with Crippen molar-refractivity contribution in [1.82, 2.24) is 15.0 Å². The summed E-state index contributed by atoms with van der Waals surface area (Å²) in [7, 11) is 1.65. The van der Waals surface area contributed by atoms with E-state index in [1.54, 1.807) is 25.7 Å². The number of aromatic nitrogens is 3. The molecule has 0 radical (unpaired) electrons. The van der Waals surface area contributed by atoms with Crippen LogP contribution in [0.3, 0.4) is 0 Å². The lowest BCUT2D eigenvalue weighted by Gasteiger charge is -2.06. The fourth-order valence-electron chi connectivity index (χ4n) is 2.25. The molecule has 5 heteroatoms. The Kier molecular flexibility index (Phi) is 3.50. The van der Waals surface area contributed by atoms with Crippen LogP contribution >= 0.6 is 0 Å². The van der Waals surface area contributed by atoms with Crippen molar-refractivity contribution < 1.29 is 9.47 Å². The summed E-state index contributed by atoms with van der Waals surface area (Å²) >= 11 is 0. The van der Waals surface area contributed by atoms with E-state index in [4.69, 9.17) is 9.47 Å². The van der Waals surface area contributed by atoms with E-state index in [0.29, 0.717) is 24.3 Å². The molecule has 104 valence electrons. The molecule has 0 aliphatic heterocycles. The highest BCUT2D eigenvalue weighted by Crippen LogP contribution is 2.46. The zero-order valence-corrected chi connectivity index (χ0v) is 11.6. The van der Waals surface area contributed by atoms with Crippen molar-refractivity contribution in [2.45, 2.75) is 19.3 Å². The molecule has 0 amide bonds. The molecule has 0 bridgehead atoms. The number of methoxy groups -OCH3 is 1. The Morgan fingerprint density at radius 3 is 2.75 bits per heavy atom. The van der Waals surface area contributed by atoms with Crippen molar-refractivity contribution in [3.63, 3.8) is 0 Å². The van der Waals surface area contributed by atoms with Gasteiger partial charge in [0.1, 0.15) is 5.75 Å². The van der Waals surface area contributed by atoms with Gasteiger partial charge in [0.05, 0.1) is 25.6 Å². The Bertz CT molecular complexity index is 586. The van der Waals surface area contributed by atoms with E-state index in [9.17, 15) is 0 Å². The molecule has 2 heterocycles. The van der Waals surface area contributed by atoms with Gasteiger partial charge in [-0.3, -0.25) is 9.97 Å². The van der Waals surface area contributed by atoms with Gasteiger partial charge in [-0.2, -0.15) is 0 Å². The minimum atomic E-state index is 0.484. The van der Waals surface area contributed by atoms with E-state index in [-0.39, 0.29) is 0 Å². The zero-order valence-electron chi connectivity index (χ0n) is 11.6. The molecular weight excluding hydrogens is 254 g/mol. The molecule has 1 aliphatic rings. The number of nitrogens with zero attached hydrogens (tertiary/aromatic N) is 3. The average Bonchev–Trinajstić information content (AvgIpc) is 3.26. The molecule has 2 aromatic rings. The Morgan fingerprint density at radius 2 is 2.05 bits per heavy atom. The smallest absolute Gasteiger partial charge is 0.235 e. The number of rotatable bonds is 5. The van der Waals surface area contributed by atoms with Gasteiger partial charge < -0.3 is 9.47 Å². The summed E-state index contributed by atoms with van der Waals surface area (Å²) in [4.78, 5) is 12.8. The Balaban J connectivity index is 1.55. The lowest BCUT2D eigenvalue weighted by atomic mass is 10.2. The third kappa shape index (κ3) is 2.71. The molecule has 2 aromatic heterocycles. The van der Waals surface area contributed by atoms with Gasteiger partial charge in [-0.25, -0.2) is 4.98 Å². The van der Waals surface area contributed by atoms with Crippen LogP contribution in [0.2, 0.25) is 0 Å². The highest BCUT2D eigenvalue weighted by Gasteiger charge is 2.40. The van der Waals surface area contributed by atoms with E-state index in [0.717, 1.165) is 23.6 Å². The number of hydrogen-bond acceptors (Lipinski definition) is 5. The van der Waals surface area contributed by atoms with Crippen molar-refractivity contribution in [3.8, 4) is 11.6 Å². The van der Waals surface area contributed by atoms with Gasteiger partial charge in [-0.05, 0) is 25.5 Å². The van der Waals surface area contributed by atoms with E-state index >= 15 is 0 Å². The summed E-state index contributed by atoms with van der Waals surface area (Å²) < 4.78 is 10.8. The lowest BCUT2D eigenvalue weighted by molar-refractivity contribution is 0.282. The van der Waals surface area contributed by atoms with Crippen LogP contribution in [0.25, 0.3) is 0 Å². The van der Waals surface area contributed by atoms with Crippen LogP contribution in [-0.4, -0.2) is 28.7 Å². The maximum atomic E-state index is 5.73. The molecule has 0 N–H and O–H groups in total. The fourth-order valence-corrected chi connectivity index (χ4v) is 2.25. The van der Waals surface area contributed by atoms with Crippen molar-refractivity contribution in [2.24, 2.45) is 5.92 Å². The van der Waals surface area contributed by atoms with Crippen LogP contribution in [0.4, 0.5) is 0 Å². The van der Waals surface area contributed by atoms with Gasteiger partial charge >= 0.3 is 0 Å². The molecule has 1 aliphatic carbocycles. The second kappa shape index (κ2) is 5.45. The Hall–Kier alpha value is -2.17. The summed E-state index contributed by atoms with van der Waals surface area (Å²) in [6.07, 6.45) is 6.19. The van der Waals surface area contributed by atoms with Gasteiger partial charge in [-0.1, -0.05) is 0 Å². The van der Waals surface area contributed by atoms with Gasteiger partial charge in [0.15, 0.2) is 0 Å². The SMILES string of the molecule is COc1ccc(C2C[C@H]2COc2nccnc2C)nc1. The van der Waals surface area contributed by atoms with E-state index in [2.05, 4.69) is 15.0 Å². The average molecular weight is 271 g/mol. The highest BCUT2D eigenvalue weighted by atomic mass is 16.5. The largest absolute Gasteiger partial charge is 0.495 e. The summed E-state index contributed by atoms with van der Waals surface area (Å²) in [6, 6.07) is 3.97. The van der Waals surface area contributed by atoms with Gasteiger partial charge in [0.2, 0.25) is 5.88 Å².